The third kappa shape index (κ3) is 6.21. The summed E-state index contributed by atoms with van der Waals surface area (Å²) < 4.78 is 5.45. The zero-order valence-electron chi connectivity index (χ0n) is 11.9. The fraction of sp³-hybridized carbons (Fsp3) is 1.00. The summed E-state index contributed by atoms with van der Waals surface area (Å²) in [5.41, 5.74) is -0.564. The average Bonchev–Trinajstić information content (AvgIpc) is 3.18. The van der Waals surface area contributed by atoms with E-state index in [0.29, 0.717) is 19.7 Å². The lowest BCUT2D eigenvalue weighted by Crippen LogP contribution is -2.43. The number of nitrogens with one attached hydrogen (secondary N) is 1. The topological polar surface area (TPSA) is 61.7 Å². The van der Waals surface area contributed by atoms with Crippen LogP contribution in [0.25, 0.3) is 0 Å². The molecule has 2 rings (SSSR count). The third-order valence-electron chi connectivity index (χ3n) is 4.23. The maximum absolute atomic E-state index is 10.4. The molecule has 2 aliphatic carbocycles. The van der Waals surface area contributed by atoms with Crippen LogP contribution >= 0.6 is 0 Å². The molecular formula is C15H29NO3. The van der Waals surface area contributed by atoms with Crippen LogP contribution in [0.4, 0.5) is 0 Å². The van der Waals surface area contributed by atoms with E-state index in [-0.39, 0.29) is 0 Å². The summed E-state index contributed by atoms with van der Waals surface area (Å²) in [6, 6.07) is 0. The number of ether oxygens (including phenoxy) is 1. The van der Waals surface area contributed by atoms with Gasteiger partial charge in [0.05, 0.1) is 18.3 Å². The zero-order valence-corrected chi connectivity index (χ0v) is 11.9. The van der Waals surface area contributed by atoms with Gasteiger partial charge in [-0.05, 0) is 31.6 Å². The first-order chi connectivity index (χ1) is 9.18. The highest BCUT2D eigenvalue weighted by atomic mass is 16.5. The lowest BCUT2D eigenvalue weighted by atomic mass is 9.94. The Morgan fingerprint density at radius 1 is 1.16 bits per heavy atom. The largest absolute Gasteiger partial charge is 0.389 e. The van der Waals surface area contributed by atoms with Gasteiger partial charge in [-0.25, -0.2) is 0 Å². The highest BCUT2D eigenvalue weighted by Gasteiger charge is 2.27. The quantitative estimate of drug-likeness (QED) is 0.585. The molecule has 0 aromatic carbocycles. The van der Waals surface area contributed by atoms with Crippen LogP contribution in [0.1, 0.15) is 51.4 Å². The minimum absolute atomic E-state index is 0.405. The van der Waals surface area contributed by atoms with Crippen molar-refractivity contribution in [3.63, 3.8) is 0 Å². The predicted molar refractivity (Wildman–Crippen MR) is 75.1 cm³/mol. The van der Waals surface area contributed by atoms with Crippen LogP contribution in [-0.2, 0) is 4.74 Å². The van der Waals surface area contributed by atoms with Crippen molar-refractivity contribution in [1.82, 2.24) is 5.32 Å². The molecule has 0 radical (unpaired) electrons. The first kappa shape index (κ1) is 15.2. The highest BCUT2D eigenvalue weighted by molar-refractivity contribution is 4.83. The minimum Gasteiger partial charge on any atom is -0.389 e. The minimum atomic E-state index is -0.564. The second kappa shape index (κ2) is 7.58. The number of aliphatic hydroxyl groups is 2. The summed E-state index contributed by atoms with van der Waals surface area (Å²) in [4.78, 5) is 0. The zero-order chi connectivity index (χ0) is 13.6. The molecule has 0 amide bonds. The van der Waals surface area contributed by atoms with E-state index in [1.54, 1.807) is 0 Å². The second-order valence-corrected chi connectivity index (χ2v) is 6.40. The lowest BCUT2D eigenvalue weighted by Gasteiger charge is -2.27. The van der Waals surface area contributed by atoms with Crippen LogP contribution in [0.2, 0.25) is 0 Å². The molecule has 1 unspecified atom stereocenters. The molecule has 19 heavy (non-hydrogen) atoms. The van der Waals surface area contributed by atoms with Crippen LogP contribution in [0.15, 0.2) is 0 Å². The van der Waals surface area contributed by atoms with Gasteiger partial charge in [0, 0.05) is 19.7 Å². The van der Waals surface area contributed by atoms with Crippen molar-refractivity contribution >= 4 is 0 Å². The van der Waals surface area contributed by atoms with Gasteiger partial charge in [-0.15, -0.1) is 0 Å². The van der Waals surface area contributed by atoms with Gasteiger partial charge < -0.3 is 20.3 Å². The summed E-state index contributed by atoms with van der Waals surface area (Å²) in [7, 11) is 0. The Labute approximate surface area is 116 Å². The monoisotopic (exact) mass is 271 g/mol. The third-order valence-corrected chi connectivity index (χ3v) is 4.23. The van der Waals surface area contributed by atoms with E-state index in [1.165, 1.54) is 25.7 Å². The highest BCUT2D eigenvalue weighted by Crippen LogP contribution is 2.28. The molecule has 2 saturated carbocycles. The summed E-state index contributed by atoms with van der Waals surface area (Å²) >= 11 is 0. The Hall–Kier alpha value is -0.160. The van der Waals surface area contributed by atoms with E-state index >= 15 is 0 Å². The molecule has 2 fully saturated rings. The van der Waals surface area contributed by atoms with E-state index in [0.717, 1.165) is 38.2 Å². The summed E-state index contributed by atoms with van der Waals surface area (Å²) in [5.74, 6) is 0.742. The van der Waals surface area contributed by atoms with Crippen molar-refractivity contribution < 1.29 is 14.9 Å². The number of hydrogen-bond donors (Lipinski definition) is 3. The SMILES string of the molecule is OC(CNCC1(O)CCCCCC1)COCC1CC1. The molecule has 4 heteroatoms. The summed E-state index contributed by atoms with van der Waals surface area (Å²) in [6.45, 7) is 2.29. The van der Waals surface area contributed by atoms with Crippen molar-refractivity contribution in [1.29, 1.82) is 0 Å². The standard InChI is InChI=1S/C15H29NO3/c17-14(11-19-10-13-5-6-13)9-16-12-15(18)7-3-1-2-4-8-15/h13-14,16-18H,1-12H2. The van der Waals surface area contributed by atoms with Crippen LogP contribution in [0.5, 0.6) is 0 Å². The first-order valence-corrected chi connectivity index (χ1v) is 7.87. The Kier molecular flexibility index (Phi) is 6.07. The normalized spacial score (nSPS) is 24.9. The smallest absolute Gasteiger partial charge is 0.0897 e. The van der Waals surface area contributed by atoms with Crippen LogP contribution < -0.4 is 5.32 Å². The maximum Gasteiger partial charge on any atom is 0.0897 e. The van der Waals surface area contributed by atoms with Crippen molar-refractivity contribution in [2.24, 2.45) is 5.92 Å². The van der Waals surface area contributed by atoms with Gasteiger partial charge >= 0.3 is 0 Å². The molecule has 0 aromatic heterocycles. The Morgan fingerprint density at radius 3 is 2.47 bits per heavy atom. The molecule has 0 heterocycles. The molecule has 3 N–H and O–H groups in total. The molecule has 2 aliphatic rings. The fourth-order valence-corrected chi connectivity index (χ4v) is 2.75. The van der Waals surface area contributed by atoms with E-state index in [9.17, 15) is 10.2 Å². The first-order valence-electron chi connectivity index (χ1n) is 7.87. The van der Waals surface area contributed by atoms with Crippen molar-refractivity contribution in [2.75, 3.05) is 26.3 Å². The summed E-state index contributed by atoms with van der Waals surface area (Å²) in [6.07, 6.45) is 8.56. The van der Waals surface area contributed by atoms with Gasteiger partial charge in [0.2, 0.25) is 0 Å². The molecule has 0 aromatic rings. The Bertz CT molecular complexity index is 248. The molecule has 4 nitrogen and oxygen atoms in total. The Balaban J connectivity index is 1.53. The lowest BCUT2D eigenvalue weighted by molar-refractivity contribution is 0.0108. The number of rotatable bonds is 8. The maximum atomic E-state index is 10.4. The van der Waals surface area contributed by atoms with Gasteiger partial charge in [0.15, 0.2) is 0 Å². The van der Waals surface area contributed by atoms with E-state index < -0.39 is 11.7 Å². The van der Waals surface area contributed by atoms with Crippen LogP contribution in [0, 0.1) is 5.92 Å². The fourth-order valence-electron chi connectivity index (χ4n) is 2.75. The Morgan fingerprint density at radius 2 is 1.84 bits per heavy atom. The van der Waals surface area contributed by atoms with Crippen molar-refractivity contribution in [3.8, 4) is 0 Å². The molecule has 0 saturated heterocycles. The molecule has 112 valence electrons. The summed E-state index contributed by atoms with van der Waals surface area (Å²) in [5, 5.41) is 23.4. The van der Waals surface area contributed by atoms with Gasteiger partial charge in [-0.1, -0.05) is 25.7 Å². The van der Waals surface area contributed by atoms with E-state index in [2.05, 4.69) is 5.32 Å². The molecule has 0 spiro atoms. The molecular weight excluding hydrogens is 242 g/mol. The molecule has 0 bridgehead atoms. The van der Waals surface area contributed by atoms with Crippen LogP contribution in [0.3, 0.4) is 0 Å². The van der Waals surface area contributed by atoms with Gasteiger partial charge in [-0.2, -0.15) is 0 Å². The van der Waals surface area contributed by atoms with Crippen LogP contribution in [-0.4, -0.2) is 48.2 Å². The molecule has 0 aliphatic heterocycles. The van der Waals surface area contributed by atoms with E-state index in [1.807, 2.05) is 0 Å². The van der Waals surface area contributed by atoms with Crippen molar-refractivity contribution in [2.45, 2.75) is 63.1 Å². The van der Waals surface area contributed by atoms with Crippen molar-refractivity contribution in [3.05, 3.63) is 0 Å². The predicted octanol–water partition coefficient (Wildman–Crippen LogP) is 1.45. The molecule has 1 atom stereocenters. The van der Waals surface area contributed by atoms with Gasteiger partial charge in [0.25, 0.3) is 0 Å². The number of aliphatic hydroxyl groups excluding tert-OH is 1. The average molecular weight is 271 g/mol. The number of hydrogen-bond acceptors (Lipinski definition) is 4. The van der Waals surface area contributed by atoms with Gasteiger partial charge in [-0.3, -0.25) is 0 Å². The van der Waals surface area contributed by atoms with Gasteiger partial charge in [0.1, 0.15) is 0 Å². The van der Waals surface area contributed by atoms with E-state index in [4.69, 9.17) is 4.74 Å². The second-order valence-electron chi connectivity index (χ2n) is 6.40.